The number of amides is 1. The molecule has 30 heteroatoms. The smallest absolute Gasteiger partial charge is 0.296 e. The van der Waals surface area contributed by atoms with Crippen molar-refractivity contribution in [3.05, 3.63) is 179 Å². The number of ether oxygens (including phenoxy) is 2. The summed E-state index contributed by atoms with van der Waals surface area (Å²) in [7, 11) is -18.2. The fraction of sp³-hybridized carbons (Fsp3) is 0.177. The maximum Gasteiger partial charge on any atom is 0.296 e. The molecule has 9 aromatic rings. The molecule has 0 fully saturated rings. The lowest BCUT2D eigenvalue weighted by Gasteiger charge is -2.12. The number of nitrogens with one attached hydrogen (secondary N) is 2. The van der Waals surface area contributed by atoms with Crippen molar-refractivity contribution < 1.29 is 71.3 Å². The maximum absolute atomic E-state index is 13.4. The number of nitrogens with zero attached hydrogens (tertiary/aromatic N) is 8. The van der Waals surface area contributed by atoms with E-state index in [0.29, 0.717) is 73.0 Å². The normalized spacial score (nSPS) is 12.5. The summed E-state index contributed by atoms with van der Waals surface area (Å²) in [5.41, 5.74) is 7.32. The lowest BCUT2D eigenvalue weighted by molar-refractivity contribution is 0.102. The average molecular weight is 1330 g/mol. The number of hydrogen-bond donors (Lipinski definition) is 7. The first kappa shape index (κ1) is 66.6. The summed E-state index contributed by atoms with van der Waals surface area (Å²) in [5.74, 6) is -2.05. The van der Waals surface area contributed by atoms with Crippen molar-refractivity contribution in [2.24, 2.45) is 40.9 Å². The van der Waals surface area contributed by atoms with Crippen LogP contribution in [0.1, 0.15) is 51.0 Å². The highest BCUT2D eigenvalue weighted by Crippen LogP contribution is 2.44. The monoisotopic (exact) mass is 1330 g/mol. The zero-order chi connectivity index (χ0) is 66.3. The number of azo groups is 4. The lowest BCUT2D eigenvalue weighted by Crippen LogP contribution is -2.11. The number of aryl methyl sites for hydroxylation is 5. The summed E-state index contributed by atoms with van der Waals surface area (Å²) >= 11 is 0. The van der Waals surface area contributed by atoms with E-state index in [1.807, 2.05) is 37.3 Å². The highest BCUT2D eigenvalue weighted by molar-refractivity contribution is 7.86. The topological polar surface area (TPSA) is 396 Å². The van der Waals surface area contributed by atoms with Gasteiger partial charge in [-0.05, 0) is 195 Å². The average Bonchev–Trinajstić information content (AvgIpc) is 0.796. The van der Waals surface area contributed by atoms with Gasteiger partial charge in [-0.25, -0.2) is 0 Å². The van der Waals surface area contributed by atoms with E-state index in [4.69, 9.17) is 14.0 Å². The van der Waals surface area contributed by atoms with Gasteiger partial charge in [-0.1, -0.05) is 24.3 Å². The highest BCUT2D eigenvalue weighted by atomic mass is 32.2. The fourth-order valence-corrected chi connectivity index (χ4v) is 11.6. The van der Waals surface area contributed by atoms with E-state index >= 15 is 0 Å². The third-order valence-electron chi connectivity index (χ3n) is 13.9. The fourth-order valence-electron chi connectivity index (χ4n) is 9.23. The second-order valence-corrected chi connectivity index (χ2v) is 27.0. The molecule has 0 spiro atoms. The van der Waals surface area contributed by atoms with Crippen molar-refractivity contribution in [2.75, 3.05) is 35.4 Å². The number of phenols is 1. The minimum Gasteiger partial charge on any atom is -0.505 e. The molecule has 9 aromatic carbocycles. The van der Waals surface area contributed by atoms with Gasteiger partial charge in [-0.3, -0.25) is 23.0 Å². The van der Waals surface area contributed by atoms with Gasteiger partial charge in [-0.15, -0.1) is 10.2 Å². The molecule has 0 unspecified atom stereocenters. The molecule has 0 aromatic heterocycles. The van der Waals surface area contributed by atoms with Gasteiger partial charge in [0.15, 0.2) is 5.75 Å². The summed E-state index contributed by atoms with van der Waals surface area (Å²) in [6, 6.07) is 38.4. The molecule has 92 heavy (non-hydrogen) atoms. The second-order valence-electron chi connectivity index (χ2n) is 21.0. The molecule has 0 aliphatic rings. The van der Waals surface area contributed by atoms with Crippen LogP contribution in [0.3, 0.4) is 0 Å². The number of rotatable bonds is 24. The van der Waals surface area contributed by atoms with Gasteiger partial charge in [0, 0.05) is 45.5 Å². The summed E-state index contributed by atoms with van der Waals surface area (Å²) in [6.45, 7) is 8.54. The molecular weight excluding hydrogens is 1270 g/mol. The largest absolute Gasteiger partial charge is 0.505 e. The van der Waals surface area contributed by atoms with Crippen LogP contribution in [0.15, 0.2) is 196 Å². The van der Waals surface area contributed by atoms with Crippen LogP contribution in [0, 0.1) is 34.6 Å². The number of anilines is 3. The van der Waals surface area contributed by atoms with Crippen molar-refractivity contribution in [3.8, 4) is 17.2 Å². The number of phenolic OH excluding ortho intramolecular Hbond substituents is 1. The van der Waals surface area contributed by atoms with Gasteiger partial charge in [0.05, 0.1) is 58.8 Å². The Morgan fingerprint density at radius 1 is 0.446 bits per heavy atom. The van der Waals surface area contributed by atoms with Crippen LogP contribution >= 0.6 is 0 Å². The van der Waals surface area contributed by atoms with E-state index in [1.54, 1.807) is 82.3 Å². The number of carbonyl (C=O) groups excluding carboxylic acids is 1. The molecule has 26 nitrogen and oxygen atoms in total. The minimum absolute atomic E-state index is 0.0190. The number of fused-ring (bicyclic) bond motifs is 2. The molecule has 476 valence electrons. The van der Waals surface area contributed by atoms with Crippen LogP contribution in [0.2, 0.25) is 0 Å². The van der Waals surface area contributed by atoms with Crippen LogP contribution in [0.4, 0.5) is 62.6 Å². The zero-order valence-corrected chi connectivity index (χ0v) is 52.8. The first-order chi connectivity index (χ1) is 43.4. The standard InChI is InChI=1S/C62H58N10O16S4/c1-36-26-53(37(2)25-51(36)67-68-52-27-39(4)54(28-38(52)3)70-72-60-59(92(84,85)86)33-43-31-46(18-20-50(43)61(60)73)63-44-11-7-6-8-12-44)69-71-56-29-40(5)55(35-57(56)88-22-10-24-90(78,79)80)66-65-45-15-13-41(14-16-45)62(74)64-47-17-19-49-42(30-47)32-48(34-58(49)91(81,82)83)87-21-9-23-89(75,76)77/h6-8,11-20,25-35,63,73H,9-10,21-24H2,1-5H3,(H,64,74)(H,75,76,77)(H,78,79,80)(H,81,82,83)(H,84,85,86). The Balaban J connectivity index is 0.885. The minimum atomic E-state index is -4.88. The molecule has 0 radical (unpaired) electrons. The predicted molar refractivity (Wildman–Crippen MR) is 346 cm³/mol. The van der Waals surface area contributed by atoms with Crippen LogP contribution in [-0.2, 0) is 40.5 Å². The van der Waals surface area contributed by atoms with E-state index in [2.05, 4.69) is 51.5 Å². The molecule has 1 amide bonds. The Labute approximate surface area is 528 Å². The number of hydrogen-bond acceptors (Lipinski definition) is 21. The van der Waals surface area contributed by atoms with E-state index in [0.717, 1.165) is 11.8 Å². The Morgan fingerprint density at radius 2 is 0.913 bits per heavy atom. The third-order valence-corrected chi connectivity index (χ3v) is 17.3. The van der Waals surface area contributed by atoms with Crippen molar-refractivity contribution in [1.29, 1.82) is 0 Å². The summed E-state index contributed by atoms with van der Waals surface area (Å²) in [5, 5.41) is 53.5. The van der Waals surface area contributed by atoms with Crippen molar-refractivity contribution in [1.82, 2.24) is 0 Å². The molecule has 0 aliphatic heterocycles. The Hall–Kier alpha value is -9.79. The summed E-state index contributed by atoms with van der Waals surface area (Å²) in [4.78, 5) is 12.3. The van der Waals surface area contributed by atoms with Crippen molar-refractivity contribution in [2.45, 2.75) is 57.3 Å². The van der Waals surface area contributed by atoms with Gasteiger partial charge >= 0.3 is 0 Å². The molecule has 0 saturated carbocycles. The maximum atomic E-state index is 13.4. The van der Waals surface area contributed by atoms with E-state index in [-0.39, 0.29) is 70.7 Å². The number of benzene rings is 9. The van der Waals surface area contributed by atoms with Crippen LogP contribution < -0.4 is 20.1 Å². The summed E-state index contributed by atoms with van der Waals surface area (Å²) < 4.78 is 145. The molecule has 0 heterocycles. The van der Waals surface area contributed by atoms with E-state index < -0.39 is 79.1 Å². The summed E-state index contributed by atoms with van der Waals surface area (Å²) in [6.07, 6.45) is -0.170. The van der Waals surface area contributed by atoms with Gasteiger partial charge in [0.2, 0.25) is 0 Å². The van der Waals surface area contributed by atoms with Crippen molar-refractivity contribution >= 4 is 130 Å². The van der Waals surface area contributed by atoms with Crippen LogP contribution in [0.25, 0.3) is 21.5 Å². The quantitative estimate of drug-likeness (QED) is 0.0168. The first-order valence-electron chi connectivity index (χ1n) is 27.7. The molecule has 0 bridgehead atoms. The predicted octanol–water partition coefficient (Wildman–Crippen LogP) is 15.7. The van der Waals surface area contributed by atoms with E-state index in [1.165, 1.54) is 54.6 Å². The highest BCUT2D eigenvalue weighted by Gasteiger charge is 2.24. The van der Waals surface area contributed by atoms with Gasteiger partial charge in [0.1, 0.15) is 32.7 Å². The Morgan fingerprint density at radius 3 is 1.47 bits per heavy atom. The number of carbonyl (C=O) groups is 1. The zero-order valence-electron chi connectivity index (χ0n) is 49.5. The Bertz CT molecular complexity index is 4980. The van der Waals surface area contributed by atoms with E-state index in [9.17, 15) is 57.2 Å². The number of aromatic hydroxyl groups is 1. The van der Waals surface area contributed by atoms with Gasteiger partial charge < -0.3 is 25.2 Å². The molecule has 0 saturated heterocycles. The molecule has 0 atom stereocenters. The van der Waals surface area contributed by atoms with Crippen LogP contribution in [0.5, 0.6) is 17.2 Å². The Kier molecular flexibility index (Phi) is 20.1. The van der Waals surface area contributed by atoms with Crippen LogP contribution in [-0.4, -0.2) is 87.6 Å². The third kappa shape index (κ3) is 17.4. The molecular formula is C62H58N10O16S4. The SMILES string of the molecule is Cc1cc(N=Nc2cc(C)c(N=Nc3cc(C)c(N=Nc4c(S(=O)(=O)O)cc5cc(Nc6ccccc6)ccc5c4O)cc3C)cc2C)c(OCCCS(=O)(=O)O)cc1N=Nc1ccc(C(=O)Nc2ccc3c(S(=O)(=O)O)cc(OCCCS(=O)(=O)O)cc3c2)cc1. The molecule has 0 aliphatic carbocycles. The number of para-hydroxylation sites is 1. The van der Waals surface area contributed by atoms with Gasteiger partial charge in [0.25, 0.3) is 46.4 Å². The first-order valence-corrected chi connectivity index (χ1v) is 33.8. The van der Waals surface area contributed by atoms with Crippen molar-refractivity contribution in [3.63, 3.8) is 0 Å². The second kappa shape index (κ2) is 27.8. The van der Waals surface area contributed by atoms with Gasteiger partial charge in [-0.2, -0.15) is 64.4 Å². The lowest BCUT2D eigenvalue weighted by atomic mass is 10.1. The molecule has 7 N–H and O–H groups in total. The molecule has 9 rings (SSSR count).